The van der Waals surface area contributed by atoms with Crippen molar-refractivity contribution in [2.45, 2.75) is 127 Å². The molecule has 2 saturated carbocycles. The van der Waals surface area contributed by atoms with Crippen molar-refractivity contribution < 1.29 is 48.3 Å². The fourth-order valence-corrected chi connectivity index (χ4v) is 7.54. The third kappa shape index (κ3) is 10.7. The van der Waals surface area contributed by atoms with Crippen molar-refractivity contribution in [2.75, 3.05) is 31.1 Å². The topological polar surface area (TPSA) is 207 Å². The van der Waals surface area contributed by atoms with E-state index in [9.17, 15) is 28.8 Å². The smallest absolute Gasteiger partial charge is 0.444 e. The first-order chi connectivity index (χ1) is 27.7. The van der Waals surface area contributed by atoms with Gasteiger partial charge >= 0.3 is 31.4 Å². The average Bonchev–Trinajstić information content (AvgIpc) is 4.10. The van der Waals surface area contributed by atoms with Crippen LogP contribution < -0.4 is 26.3 Å². The Kier molecular flexibility index (Phi) is 12.4. The van der Waals surface area contributed by atoms with Crippen LogP contribution in [0.1, 0.15) is 116 Å². The summed E-state index contributed by atoms with van der Waals surface area (Å²) in [7, 11) is -1.33. The Morgan fingerprint density at radius 1 is 0.661 bits per heavy atom. The summed E-state index contributed by atoms with van der Waals surface area (Å²) in [6, 6.07) is 14.4. The summed E-state index contributed by atoms with van der Waals surface area (Å²) < 4.78 is 10.7. The summed E-state index contributed by atoms with van der Waals surface area (Å²) in [5, 5.41) is 25.4. The van der Waals surface area contributed by atoms with E-state index in [1.807, 2.05) is 57.2 Å². The Balaban J connectivity index is 0.000000162. The van der Waals surface area contributed by atoms with Gasteiger partial charge in [0.05, 0.1) is 5.69 Å². The van der Waals surface area contributed by atoms with Crippen molar-refractivity contribution in [2.24, 2.45) is 0 Å². The Bertz CT molecular complexity index is 1880. The Hall–Kier alpha value is -5.16. The van der Waals surface area contributed by atoms with E-state index in [0.717, 1.165) is 5.92 Å². The molecule has 2 aromatic carbocycles. The standard InChI is InChI=1S/C21H27N3O4.C12H19N3O4.C9H11BO2/c1-20(2,3)28-19(27)23-12-10-21(11-13-23)17(25)24(18(26)22-21)16-8-6-15(7-9-16)14-4-5-14;1-11(2,3)19-10(18)15-6-4-12(5-7-15)8(16)13-9(17)14-12;11-10(12)9-5-3-8(4-6-9)7-1-2-7/h6-9,14H,4-5,10-13H2,1-3H3,(H,22,26);4-7H2,1-3H3,(H2,13,14,16,17);3-7,11-12H,1-2H2. The molecule has 4 saturated heterocycles. The molecule has 0 bridgehead atoms. The van der Waals surface area contributed by atoms with Crippen LogP contribution in [0.2, 0.25) is 0 Å². The number of hydrogen-bond donors (Lipinski definition) is 5. The summed E-state index contributed by atoms with van der Waals surface area (Å²) >= 11 is 0. The molecule has 6 fully saturated rings. The fraction of sp³-hybridized carbons (Fsp3) is 0.571. The lowest BCUT2D eigenvalue weighted by molar-refractivity contribution is -0.125. The molecular weight excluding hydrogens is 759 g/mol. The molecule has 59 heavy (non-hydrogen) atoms. The highest BCUT2D eigenvalue weighted by Gasteiger charge is 2.54. The monoisotopic (exact) mass is 816 g/mol. The summed E-state index contributed by atoms with van der Waals surface area (Å²) in [5.74, 6) is 0.817. The molecule has 2 spiro atoms. The molecule has 16 nitrogen and oxygen atoms in total. The van der Waals surface area contributed by atoms with Gasteiger partial charge in [0.1, 0.15) is 22.3 Å². The number of carbonyl (C=O) groups is 6. The number of piperidine rings is 2. The molecule has 2 aromatic rings. The number of ether oxygens (including phenoxy) is 2. The van der Waals surface area contributed by atoms with Gasteiger partial charge in [-0.15, -0.1) is 0 Å². The van der Waals surface area contributed by atoms with Gasteiger partial charge in [-0.2, -0.15) is 0 Å². The first kappa shape index (κ1) is 43.4. The number of likely N-dealkylation sites (tertiary alicyclic amines) is 2. The van der Waals surface area contributed by atoms with Crippen molar-refractivity contribution in [1.29, 1.82) is 0 Å². The van der Waals surface area contributed by atoms with E-state index in [0.29, 0.717) is 68.9 Å². The van der Waals surface area contributed by atoms with Gasteiger partial charge in [0.15, 0.2) is 0 Å². The van der Waals surface area contributed by atoms with E-state index in [-0.39, 0.29) is 24.0 Å². The van der Waals surface area contributed by atoms with E-state index in [4.69, 9.17) is 19.5 Å². The maximum Gasteiger partial charge on any atom is 0.488 e. The van der Waals surface area contributed by atoms with Crippen molar-refractivity contribution in [1.82, 2.24) is 25.8 Å². The molecule has 17 heteroatoms. The highest BCUT2D eigenvalue weighted by atomic mass is 16.6. The molecule has 318 valence electrons. The molecule has 8 rings (SSSR count). The minimum atomic E-state index is -1.33. The minimum Gasteiger partial charge on any atom is -0.444 e. The second-order valence-electron chi connectivity index (χ2n) is 18.3. The number of urea groups is 2. The van der Waals surface area contributed by atoms with E-state index in [1.165, 1.54) is 41.7 Å². The van der Waals surface area contributed by atoms with Gasteiger partial charge in [0, 0.05) is 26.2 Å². The van der Waals surface area contributed by atoms with Crippen LogP contribution in [-0.2, 0) is 19.1 Å². The third-order valence-electron chi connectivity index (χ3n) is 11.2. The molecule has 8 amide bonds. The normalized spacial score (nSPS) is 20.8. The van der Waals surface area contributed by atoms with Gasteiger partial charge in [-0.3, -0.25) is 14.9 Å². The SMILES string of the molecule is CC(C)(C)OC(=O)N1CCC2(CC1)NC(=O)N(c1ccc(C3CC3)cc1)C2=O.CC(C)(C)OC(=O)N1CCC2(CC1)NC(=O)NC2=O.OB(O)c1ccc(C2CC2)cc1. The van der Waals surface area contributed by atoms with Crippen molar-refractivity contribution >= 4 is 54.3 Å². The second-order valence-corrected chi connectivity index (χ2v) is 18.3. The quantitative estimate of drug-likeness (QED) is 0.219. The Morgan fingerprint density at radius 3 is 1.46 bits per heavy atom. The van der Waals surface area contributed by atoms with Crippen LogP contribution in [0.15, 0.2) is 48.5 Å². The maximum absolute atomic E-state index is 13.1. The first-order valence-electron chi connectivity index (χ1n) is 20.5. The van der Waals surface area contributed by atoms with Crippen molar-refractivity contribution in [3.8, 4) is 0 Å². The number of nitrogens with zero attached hydrogens (tertiary/aromatic N) is 3. The lowest BCUT2D eigenvalue weighted by Crippen LogP contribution is -2.56. The molecule has 5 N–H and O–H groups in total. The van der Waals surface area contributed by atoms with Crippen LogP contribution in [0.3, 0.4) is 0 Å². The molecule has 0 aromatic heterocycles. The number of imide groups is 2. The molecule has 2 aliphatic carbocycles. The number of hydrogen-bond acceptors (Lipinski definition) is 10. The van der Waals surface area contributed by atoms with Gasteiger partial charge in [-0.25, -0.2) is 24.1 Å². The number of rotatable bonds is 4. The maximum atomic E-state index is 13.1. The van der Waals surface area contributed by atoms with Crippen molar-refractivity contribution in [3.63, 3.8) is 0 Å². The van der Waals surface area contributed by atoms with Crippen LogP contribution in [-0.4, -0.2) is 111 Å². The lowest BCUT2D eigenvalue weighted by Gasteiger charge is -2.37. The molecular formula is C42H57BN6O10. The average molecular weight is 817 g/mol. The molecule has 0 unspecified atom stereocenters. The zero-order valence-corrected chi connectivity index (χ0v) is 34.8. The zero-order chi connectivity index (χ0) is 42.9. The Morgan fingerprint density at radius 2 is 1.08 bits per heavy atom. The molecule has 4 heterocycles. The van der Waals surface area contributed by atoms with Crippen LogP contribution in [0.25, 0.3) is 0 Å². The van der Waals surface area contributed by atoms with Crippen LogP contribution >= 0.6 is 0 Å². The summed E-state index contributed by atoms with van der Waals surface area (Å²) in [6.45, 7) is 12.4. The molecule has 0 atom stereocenters. The molecule has 4 aliphatic heterocycles. The molecule has 0 radical (unpaired) electrons. The predicted molar refractivity (Wildman–Crippen MR) is 219 cm³/mol. The lowest BCUT2D eigenvalue weighted by atomic mass is 9.80. The van der Waals surface area contributed by atoms with E-state index in [2.05, 4.69) is 16.0 Å². The van der Waals surface area contributed by atoms with Crippen LogP contribution in [0.4, 0.5) is 24.9 Å². The number of carbonyl (C=O) groups excluding carboxylic acids is 6. The third-order valence-corrected chi connectivity index (χ3v) is 11.2. The van der Waals surface area contributed by atoms with Crippen molar-refractivity contribution in [3.05, 3.63) is 59.7 Å². The van der Waals surface area contributed by atoms with Gasteiger partial charge in [-0.1, -0.05) is 36.4 Å². The van der Waals surface area contributed by atoms with E-state index >= 15 is 0 Å². The highest BCUT2D eigenvalue weighted by molar-refractivity contribution is 6.58. The van der Waals surface area contributed by atoms with Gasteiger partial charge in [0.2, 0.25) is 0 Å². The summed E-state index contributed by atoms with van der Waals surface area (Å²) in [4.78, 5) is 77.2. The van der Waals surface area contributed by atoms with Gasteiger partial charge in [-0.05, 0) is 133 Å². The van der Waals surface area contributed by atoms with E-state index < -0.39 is 41.5 Å². The largest absolute Gasteiger partial charge is 0.488 e. The number of nitrogens with one attached hydrogen (secondary N) is 3. The first-order valence-corrected chi connectivity index (χ1v) is 20.5. The number of amides is 8. The summed E-state index contributed by atoms with van der Waals surface area (Å²) in [5.41, 5.74) is 0.854. The minimum absolute atomic E-state index is 0.236. The Labute approximate surface area is 345 Å². The van der Waals surface area contributed by atoms with Crippen LogP contribution in [0.5, 0.6) is 0 Å². The predicted octanol–water partition coefficient (Wildman–Crippen LogP) is 4.23. The zero-order valence-electron chi connectivity index (χ0n) is 34.8. The second kappa shape index (κ2) is 16.8. The number of benzene rings is 2. The van der Waals surface area contributed by atoms with E-state index in [1.54, 1.807) is 42.7 Å². The molecule has 6 aliphatic rings. The number of anilines is 1. The van der Waals surface area contributed by atoms with Gasteiger partial charge in [0.25, 0.3) is 11.8 Å². The fourth-order valence-electron chi connectivity index (χ4n) is 7.54. The highest BCUT2D eigenvalue weighted by Crippen LogP contribution is 2.41. The summed E-state index contributed by atoms with van der Waals surface area (Å²) in [6.07, 6.45) is 5.79. The van der Waals surface area contributed by atoms with Gasteiger partial charge < -0.3 is 40.0 Å². The van der Waals surface area contributed by atoms with Crippen LogP contribution in [0, 0.1) is 0 Å².